The van der Waals surface area contributed by atoms with E-state index in [1.165, 1.54) is 12.8 Å². The minimum atomic E-state index is 0.346. The summed E-state index contributed by atoms with van der Waals surface area (Å²) < 4.78 is 1.11. The second-order valence-electron chi connectivity index (χ2n) is 5.98. The smallest absolute Gasteiger partial charge is 0.225 e. The molecule has 1 heterocycles. The molecule has 122 valence electrons. The SMILES string of the molecule is CC[C@@H](C)Nc1nc(Nc2ccc(I)cc2Cl)cc(C2CC2)n1. The molecular formula is C17H20ClIN4. The van der Waals surface area contributed by atoms with Crippen LogP contribution >= 0.6 is 34.2 Å². The molecule has 2 N–H and O–H groups in total. The highest BCUT2D eigenvalue weighted by Crippen LogP contribution is 2.40. The van der Waals surface area contributed by atoms with Crippen LogP contribution in [0.3, 0.4) is 0 Å². The van der Waals surface area contributed by atoms with E-state index < -0.39 is 0 Å². The summed E-state index contributed by atoms with van der Waals surface area (Å²) in [5.41, 5.74) is 1.97. The summed E-state index contributed by atoms with van der Waals surface area (Å²) in [6.07, 6.45) is 3.45. The van der Waals surface area contributed by atoms with Crippen molar-refractivity contribution in [3.8, 4) is 0 Å². The summed E-state index contributed by atoms with van der Waals surface area (Å²) in [6.45, 7) is 4.28. The van der Waals surface area contributed by atoms with Crippen molar-refractivity contribution in [1.29, 1.82) is 0 Å². The van der Waals surface area contributed by atoms with Crippen LogP contribution in [-0.2, 0) is 0 Å². The van der Waals surface area contributed by atoms with Crippen molar-refractivity contribution in [3.05, 3.63) is 38.6 Å². The molecule has 0 saturated heterocycles. The normalized spacial score (nSPS) is 15.3. The largest absolute Gasteiger partial charge is 0.352 e. The standard InChI is InChI=1S/C17H20ClIN4/c1-3-10(2)20-17-22-15(11-4-5-11)9-16(23-17)21-14-7-6-12(19)8-13(14)18/h6-11H,3-5H2,1-2H3,(H2,20,21,22,23)/t10-/m1/s1. The fourth-order valence-electron chi connectivity index (χ4n) is 2.23. The number of rotatable bonds is 6. The van der Waals surface area contributed by atoms with Gasteiger partial charge in [0.15, 0.2) is 0 Å². The number of halogens is 2. The average molecular weight is 443 g/mol. The summed E-state index contributed by atoms with van der Waals surface area (Å²) in [7, 11) is 0. The molecule has 3 rings (SSSR count). The van der Waals surface area contributed by atoms with E-state index in [-0.39, 0.29) is 0 Å². The first-order valence-electron chi connectivity index (χ1n) is 7.92. The highest BCUT2D eigenvalue weighted by molar-refractivity contribution is 14.1. The molecule has 0 aliphatic heterocycles. The van der Waals surface area contributed by atoms with E-state index in [1.807, 2.05) is 24.3 Å². The van der Waals surface area contributed by atoms with Gasteiger partial charge in [0.2, 0.25) is 5.95 Å². The van der Waals surface area contributed by atoms with Crippen LogP contribution in [-0.4, -0.2) is 16.0 Å². The van der Waals surface area contributed by atoms with E-state index in [9.17, 15) is 0 Å². The lowest BCUT2D eigenvalue weighted by Crippen LogP contribution is -2.16. The van der Waals surface area contributed by atoms with Crippen LogP contribution in [0.2, 0.25) is 5.02 Å². The topological polar surface area (TPSA) is 49.8 Å². The lowest BCUT2D eigenvalue weighted by molar-refractivity contribution is 0.750. The van der Waals surface area contributed by atoms with Gasteiger partial charge in [0.25, 0.3) is 0 Å². The number of benzene rings is 1. The fraction of sp³-hybridized carbons (Fsp3) is 0.412. The van der Waals surface area contributed by atoms with E-state index in [2.05, 4.69) is 57.0 Å². The molecule has 0 radical (unpaired) electrons. The number of hydrogen-bond acceptors (Lipinski definition) is 4. The summed E-state index contributed by atoms with van der Waals surface area (Å²) in [4.78, 5) is 9.26. The van der Waals surface area contributed by atoms with Crippen molar-refractivity contribution in [1.82, 2.24) is 9.97 Å². The summed E-state index contributed by atoms with van der Waals surface area (Å²) >= 11 is 8.56. The van der Waals surface area contributed by atoms with Gasteiger partial charge in [0.1, 0.15) is 5.82 Å². The molecule has 23 heavy (non-hydrogen) atoms. The van der Waals surface area contributed by atoms with Gasteiger partial charge in [-0.3, -0.25) is 0 Å². The van der Waals surface area contributed by atoms with E-state index >= 15 is 0 Å². The number of aromatic nitrogens is 2. The molecule has 0 bridgehead atoms. The van der Waals surface area contributed by atoms with Crippen molar-refractivity contribution in [2.75, 3.05) is 10.6 Å². The first kappa shape index (κ1) is 16.8. The zero-order valence-electron chi connectivity index (χ0n) is 13.2. The molecule has 1 aromatic heterocycles. The van der Waals surface area contributed by atoms with Crippen molar-refractivity contribution >= 4 is 51.6 Å². The second kappa shape index (κ2) is 7.21. The Labute approximate surface area is 155 Å². The lowest BCUT2D eigenvalue weighted by atomic mass is 10.2. The van der Waals surface area contributed by atoms with Gasteiger partial charge in [-0.25, -0.2) is 4.98 Å². The Morgan fingerprint density at radius 2 is 2.09 bits per heavy atom. The van der Waals surface area contributed by atoms with Crippen molar-refractivity contribution in [2.24, 2.45) is 0 Å². The third-order valence-electron chi connectivity index (χ3n) is 3.92. The molecule has 4 nitrogen and oxygen atoms in total. The molecule has 1 saturated carbocycles. The van der Waals surface area contributed by atoms with E-state index in [4.69, 9.17) is 11.6 Å². The number of hydrogen-bond donors (Lipinski definition) is 2. The monoisotopic (exact) mass is 442 g/mol. The lowest BCUT2D eigenvalue weighted by Gasteiger charge is -2.15. The quantitative estimate of drug-likeness (QED) is 0.575. The van der Waals surface area contributed by atoms with Crippen molar-refractivity contribution in [3.63, 3.8) is 0 Å². The molecular weight excluding hydrogens is 423 g/mol. The maximum Gasteiger partial charge on any atom is 0.225 e. The van der Waals surface area contributed by atoms with Crippen LogP contribution in [0.1, 0.15) is 44.7 Å². The van der Waals surface area contributed by atoms with Gasteiger partial charge >= 0.3 is 0 Å². The Balaban J connectivity index is 1.87. The Morgan fingerprint density at radius 1 is 1.30 bits per heavy atom. The van der Waals surface area contributed by atoms with Crippen LogP contribution < -0.4 is 10.6 Å². The first-order valence-corrected chi connectivity index (χ1v) is 9.38. The third kappa shape index (κ3) is 4.47. The maximum atomic E-state index is 6.31. The summed E-state index contributed by atoms with van der Waals surface area (Å²) in [5.74, 6) is 2.05. The zero-order chi connectivity index (χ0) is 16.4. The molecule has 6 heteroatoms. The Morgan fingerprint density at radius 3 is 2.74 bits per heavy atom. The van der Waals surface area contributed by atoms with Crippen molar-refractivity contribution < 1.29 is 0 Å². The number of nitrogens with zero attached hydrogens (tertiary/aromatic N) is 2. The van der Waals surface area contributed by atoms with Gasteiger partial charge in [-0.05, 0) is 67.0 Å². The Kier molecular flexibility index (Phi) is 5.26. The van der Waals surface area contributed by atoms with Crippen LogP contribution in [0.15, 0.2) is 24.3 Å². The molecule has 1 fully saturated rings. The van der Waals surface area contributed by atoms with Gasteiger partial charge in [0.05, 0.1) is 16.4 Å². The molecule has 1 aromatic carbocycles. The van der Waals surface area contributed by atoms with Gasteiger partial charge in [-0.2, -0.15) is 4.98 Å². The Bertz CT molecular complexity index is 703. The van der Waals surface area contributed by atoms with E-state index in [0.29, 0.717) is 22.9 Å². The van der Waals surface area contributed by atoms with Gasteiger partial charge in [-0.1, -0.05) is 18.5 Å². The first-order chi connectivity index (χ1) is 11.0. The van der Waals surface area contributed by atoms with E-state index in [1.54, 1.807) is 0 Å². The number of anilines is 3. The van der Waals surface area contributed by atoms with Crippen LogP contribution in [0.25, 0.3) is 0 Å². The highest BCUT2D eigenvalue weighted by atomic mass is 127. The van der Waals surface area contributed by atoms with Crippen molar-refractivity contribution in [2.45, 2.75) is 45.1 Å². The van der Waals surface area contributed by atoms with E-state index in [0.717, 1.165) is 27.2 Å². The van der Waals surface area contributed by atoms with Crippen LogP contribution in [0.4, 0.5) is 17.5 Å². The maximum absolute atomic E-state index is 6.31. The predicted molar refractivity (Wildman–Crippen MR) is 105 cm³/mol. The summed E-state index contributed by atoms with van der Waals surface area (Å²) in [5, 5.41) is 7.39. The fourth-order valence-corrected chi connectivity index (χ4v) is 3.14. The van der Waals surface area contributed by atoms with Crippen LogP contribution in [0.5, 0.6) is 0 Å². The van der Waals surface area contributed by atoms with Gasteiger partial charge in [-0.15, -0.1) is 0 Å². The van der Waals surface area contributed by atoms with Gasteiger partial charge in [0, 0.05) is 21.6 Å². The highest BCUT2D eigenvalue weighted by Gasteiger charge is 2.26. The minimum absolute atomic E-state index is 0.346. The second-order valence-corrected chi connectivity index (χ2v) is 7.63. The average Bonchev–Trinajstić information content (AvgIpc) is 3.34. The minimum Gasteiger partial charge on any atom is -0.352 e. The molecule has 0 spiro atoms. The molecule has 2 aromatic rings. The summed E-state index contributed by atoms with van der Waals surface area (Å²) in [6, 6.07) is 8.32. The predicted octanol–water partition coefficient (Wildman–Crippen LogP) is 5.57. The molecule has 1 aliphatic carbocycles. The number of nitrogens with one attached hydrogen (secondary N) is 2. The molecule has 0 amide bonds. The molecule has 1 atom stereocenters. The van der Waals surface area contributed by atoms with Crippen LogP contribution in [0, 0.1) is 3.57 Å². The zero-order valence-corrected chi connectivity index (χ0v) is 16.1. The third-order valence-corrected chi connectivity index (χ3v) is 4.91. The van der Waals surface area contributed by atoms with Gasteiger partial charge < -0.3 is 10.6 Å². The molecule has 0 unspecified atom stereocenters. The molecule has 1 aliphatic rings. The Hall–Kier alpha value is -1.08.